The number of nitrogens with two attached hydrogens (primary N) is 1. The van der Waals surface area contributed by atoms with Crippen LogP contribution in [0.5, 0.6) is 0 Å². The highest BCUT2D eigenvalue weighted by atomic mass is 16.2. The summed E-state index contributed by atoms with van der Waals surface area (Å²) in [6.07, 6.45) is 9.82. The number of hydrogen-bond donors (Lipinski definition) is 2. The van der Waals surface area contributed by atoms with Gasteiger partial charge in [-0.05, 0) is 32.2 Å². The van der Waals surface area contributed by atoms with E-state index in [2.05, 4.69) is 10.2 Å². The van der Waals surface area contributed by atoms with Crippen molar-refractivity contribution in [1.29, 1.82) is 0 Å². The van der Waals surface area contributed by atoms with E-state index in [0.717, 1.165) is 25.8 Å². The molecular formula is C14H27N3O. The number of rotatable bonds is 4. The molecule has 1 heterocycles. The molecule has 0 bridgehead atoms. The summed E-state index contributed by atoms with van der Waals surface area (Å²) in [6.45, 7) is 2.25. The average molecular weight is 253 g/mol. The number of amides is 1. The molecule has 3 N–H and O–H groups in total. The maximum atomic E-state index is 12.0. The minimum atomic E-state index is 0.197. The van der Waals surface area contributed by atoms with Crippen LogP contribution in [0, 0.1) is 0 Å². The number of carbonyl (C=O) groups excluding carboxylic acids is 1. The molecule has 1 atom stereocenters. The monoisotopic (exact) mass is 253 g/mol. The van der Waals surface area contributed by atoms with Crippen molar-refractivity contribution in [3.8, 4) is 0 Å². The topological polar surface area (TPSA) is 58.4 Å². The van der Waals surface area contributed by atoms with Crippen LogP contribution in [0.15, 0.2) is 0 Å². The van der Waals surface area contributed by atoms with Gasteiger partial charge in [-0.15, -0.1) is 0 Å². The molecule has 1 amide bonds. The minimum Gasteiger partial charge on any atom is -0.352 e. The second-order valence-electron chi connectivity index (χ2n) is 5.76. The third-order valence-electron chi connectivity index (χ3n) is 4.34. The first-order valence-electron chi connectivity index (χ1n) is 7.53. The SMILES string of the molecule is NCC1CCCN1CC(=O)NC1CCCCCC1. The maximum absolute atomic E-state index is 12.0. The molecule has 0 aromatic heterocycles. The molecule has 1 aliphatic carbocycles. The number of nitrogens with zero attached hydrogens (tertiary/aromatic N) is 1. The van der Waals surface area contributed by atoms with Crippen LogP contribution in [0.2, 0.25) is 0 Å². The predicted octanol–water partition coefficient (Wildman–Crippen LogP) is 1.25. The van der Waals surface area contributed by atoms with Crippen LogP contribution in [-0.4, -0.2) is 42.5 Å². The fourth-order valence-corrected chi connectivity index (χ4v) is 3.25. The van der Waals surface area contributed by atoms with Gasteiger partial charge in [0, 0.05) is 18.6 Å². The van der Waals surface area contributed by atoms with Crippen LogP contribution in [0.25, 0.3) is 0 Å². The summed E-state index contributed by atoms with van der Waals surface area (Å²) < 4.78 is 0. The van der Waals surface area contributed by atoms with Gasteiger partial charge in [0.2, 0.25) is 5.91 Å². The Labute approximate surface area is 110 Å². The van der Waals surface area contributed by atoms with E-state index in [1.54, 1.807) is 0 Å². The van der Waals surface area contributed by atoms with Crippen LogP contribution in [0.1, 0.15) is 51.4 Å². The summed E-state index contributed by atoms with van der Waals surface area (Å²) in [5.41, 5.74) is 5.73. The highest BCUT2D eigenvalue weighted by Crippen LogP contribution is 2.18. The normalized spacial score (nSPS) is 27.1. The van der Waals surface area contributed by atoms with Crippen molar-refractivity contribution in [2.45, 2.75) is 63.5 Å². The van der Waals surface area contributed by atoms with E-state index in [-0.39, 0.29) is 5.91 Å². The van der Waals surface area contributed by atoms with Crippen LogP contribution in [0.3, 0.4) is 0 Å². The van der Waals surface area contributed by atoms with Crippen molar-refractivity contribution in [3.05, 3.63) is 0 Å². The third-order valence-corrected chi connectivity index (χ3v) is 4.34. The number of hydrogen-bond acceptors (Lipinski definition) is 3. The highest BCUT2D eigenvalue weighted by molar-refractivity contribution is 5.78. The van der Waals surface area contributed by atoms with Crippen molar-refractivity contribution in [3.63, 3.8) is 0 Å². The molecule has 2 rings (SSSR count). The zero-order valence-electron chi connectivity index (χ0n) is 11.4. The molecule has 4 heteroatoms. The lowest BCUT2D eigenvalue weighted by atomic mass is 10.1. The molecule has 1 unspecified atom stereocenters. The Hall–Kier alpha value is -0.610. The van der Waals surface area contributed by atoms with Gasteiger partial charge in [0.25, 0.3) is 0 Å². The fraction of sp³-hybridized carbons (Fsp3) is 0.929. The van der Waals surface area contributed by atoms with Crippen molar-refractivity contribution in [2.24, 2.45) is 5.73 Å². The third kappa shape index (κ3) is 3.95. The number of nitrogens with one attached hydrogen (secondary N) is 1. The summed E-state index contributed by atoms with van der Waals surface area (Å²) in [5, 5.41) is 3.21. The van der Waals surface area contributed by atoms with Crippen molar-refractivity contribution in [1.82, 2.24) is 10.2 Å². The van der Waals surface area contributed by atoms with Gasteiger partial charge < -0.3 is 11.1 Å². The van der Waals surface area contributed by atoms with E-state index in [0.29, 0.717) is 25.2 Å². The fourth-order valence-electron chi connectivity index (χ4n) is 3.25. The quantitative estimate of drug-likeness (QED) is 0.741. The van der Waals surface area contributed by atoms with E-state index in [4.69, 9.17) is 5.73 Å². The molecule has 1 saturated carbocycles. The smallest absolute Gasteiger partial charge is 0.234 e. The molecule has 104 valence electrons. The van der Waals surface area contributed by atoms with Crippen LogP contribution in [0.4, 0.5) is 0 Å². The molecule has 1 aliphatic heterocycles. The Morgan fingerprint density at radius 3 is 2.50 bits per heavy atom. The molecule has 2 aliphatic rings. The van der Waals surface area contributed by atoms with E-state index < -0.39 is 0 Å². The van der Waals surface area contributed by atoms with Gasteiger partial charge in [-0.2, -0.15) is 0 Å². The molecule has 0 aromatic carbocycles. The Balaban J connectivity index is 1.73. The Morgan fingerprint density at radius 1 is 1.11 bits per heavy atom. The highest BCUT2D eigenvalue weighted by Gasteiger charge is 2.25. The first-order chi connectivity index (χ1) is 8.79. The van der Waals surface area contributed by atoms with E-state index in [1.165, 1.54) is 32.1 Å². The predicted molar refractivity (Wildman–Crippen MR) is 73.3 cm³/mol. The summed E-state index contributed by atoms with van der Waals surface area (Å²) in [7, 11) is 0. The lowest BCUT2D eigenvalue weighted by Gasteiger charge is -2.24. The minimum absolute atomic E-state index is 0.197. The molecule has 4 nitrogen and oxygen atoms in total. The first-order valence-corrected chi connectivity index (χ1v) is 7.53. The lowest BCUT2D eigenvalue weighted by Crippen LogP contribution is -2.45. The van der Waals surface area contributed by atoms with Gasteiger partial charge in [0.15, 0.2) is 0 Å². The summed E-state index contributed by atoms with van der Waals surface area (Å²) in [4.78, 5) is 14.3. The van der Waals surface area contributed by atoms with Crippen molar-refractivity contribution >= 4 is 5.91 Å². The number of likely N-dealkylation sites (tertiary alicyclic amines) is 1. The molecular weight excluding hydrogens is 226 g/mol. The van der Waals surface area contributed by atoms with Crippen LogP contribution in [-0.2, 0) is 4.79 Å². The van der Waals surface area contributed by atoms with Gasteiger partial charge in [-0.3, -0.25) is 9.69 Å². The lowest BCUT2D eigenvalue weighted by molar-refractivity contribution is -0.123. The van der Waals surface area contributed by atoms with Crippen LogP contribution >= 0.6 is 0 Å². The first kappa shape index (κ1) is 13.8. The van der Waals surface area contributed by atoms with Crippen LogP contribution < -0.4 is 11.1 Å². The van der Waals surface area contributed by atoms with Gasteiger partial charge in [-0.1, -0.05) is 25.7 Å². The van der Waals surface area contributed by atoms with Gasteiger partial charge in [0.1, 0.15) is 0 Å². The molecule has 2 fully saturated rings. The van der Waals surface area contributed by atoms with Gasteiger partial charge >= 0.3 is 0 Å². The molecule has 0 spiro atoms. The Kier molecular flexibility index (Phi) is 5.45. The zero-order chi connectivity index (χ0) is 12.8. The maximum Gasteiger partial charge on any atom is 0.234 e. The largest absolute Gasteiger partial charge is 0.352 e. The van der Waals surface area contributed by atoms with E-state index >= 15 is 0 Å². The average Bonchev–Trinajstić information content (AvgIpc) is 2.64. The van der Waals surface area contributed by atoms with Gasteiger partial charge in [-0.25, -0.2) is 0 Å². The second-order valence-corrected chi connectivity index (χ2v) is 5.76. The number of carbonyl (C=O) groups is 1. The summed E-state index contributed by atoms with van der Waals surface area (Å²) >= 11 is 0. The molecule has 1 saturated heterocycles. The van der Waals surface area contributed by atoms with Crippen molar-refractivity contribution in [2.75, 3.05) is 19.6 Å². The summed E-state index contributed by atoms with van der Waals surface area (Å²) in [6, 6.07) is 0.837. The molecule has 0 aromatic rings. The zero-order valence-corrected chi connectivity index (χ0v) is 11.4. The Morgan fingerprint density at radius 2 is 1.83 bits per heavy atom. The van der Waals surface area contributed by atoms with E-state index in [1.807, 2.05) is 0 Å². The standard InChI is InChI=1S/C14H27N3O/c15-10-13-8-5-9-17(13)11-14(18)16-12-6-3-1-2-4-7-12/h12-13H,1-11,15H2,(H,16,18). The summed E-state index contributed by atoms with van der Waals surface area (Å²) in [5.74, 6) is 0.197. The van der Waals surface area contributed by atoms with Crippen molar-refractivity contribution < 1.29 is 4.79 Å². The molecule has 18 heavy (non-hydrogen) atoms. The molecule has 0 radical (unpaired) electrons. The Bertz CT molecular complexity index is 262. The second kappa shape index (κ2) is 7.10. The van der Waals surface area contributed by atoms with E-state index in [9.17, 15) is 4.79 Å². The van der Waals surface area contributed by atoms with Gasteiger partial charge in [0.05, 0.1) is 6.54 Å².